The number of allylic oxidation sites excluding steroid dienone is 1. The van der Waals surface area contributed by atoms with Crippen molar-refractivity contribution < 1.29 is 4.74 Å². The Balaban J connectivity index is 2.49. The molecule has 1 rings (SSSR count). The van der Waals surface area contributed by atoms with Crippen LogP contribution in [-0.2, 0) is 0 Å². The molecule has 0 saturated heterocycles. The molecule has 0 saturated carbocycles. The topological polar surface area (TPSA) is 35.0 Å². The van der Waals surface area contributed by atoms with E-state index in [4.69, 9.17) is 27.9 Å². The Labute approximate surface area is 92.7 Å². The first kappa shape index (κ1) is 11.3. The van der Waals surface area contributed by atoms with Crippen LogP contribution in [0.15, 0.2) is 18.7 Å². The SMILES string of the molecule is C=CCCCOc1cc(Cl)nnc1Cl. The predicted molar refractivity (Wildman–Crippen MR) is 57.0 cm³/mol. The van der Waals surface area contributed by atoms with E-state index in [-0.39, 0.29) is 10.3 Å². The maximum atomic E-state index is 5.73. The van der Waals surface area contributed by atoms with Crippen LogP contribution in [0.3, 0.4) is 0 Å². The highest BCUT2D eigenvalue weighted by molar-refractivity contribution is 6.32. The molecule has 0 spiro atoms. The van der Waals surface area contributed by atoms with Gasteiger partial charge in [0.05, 0.1) is 6.61 Å². The highest BCUT2D eigenvalue weighted by Gasteiger charge is 2.04. The lowest BCUT2D eigenvalue weighted by Crippen LogP contribution is -1.98. The fourth-order valence-corrected chi connectivity index (χ4v) is 1.13. The van der Waals surface area contributed by atoms with E-state index < -0.39 is 0 Å². The number of halogens is 2. The second-order valence-corrected chi connectivity index (χ2v) is 3.35. The average molecular weight is 233 g/mol. The molecule has 0 aliphatic rings. The number of hydrogen-bond acceptors (Lipinski definition) is 3. The molecule has 0 amide bonds. The zero-order valence-corrected chi connectivity index (χ0v) is 9.05. The van der Waals surface area contributed by atoms with Gasteiger partial charge in [-0.25, -0.2) is 0 Å². The lowest BCUT2D eigenvalue weighted by molar-refractivity contribution is 0.310. The van der Waals surface area contributed by atoms with Gasteiger partial charge in [-0.15, -0.1) is 16.8 Å². The third-order valence-corrected chi connectivity index (χ3v) is 1.94. The molecule has 0 radical (unpaired) electrons. The summed E-state index contributed by atoms with van der Waals surface area (Å²) in [5.41, 5.74) is 0. The quantitative estimate of drug-likeness (QED) is 0.578. The Morgan fingerprint density at radius 1 is 1.43 bits per heavy atom. The number of ether oxygens (including phenoxy) is 1. The van der Waals surface area contributed by atoms with Crippen LogP contribution in [0.5, 0.6) is 5.75 Å². The van der Waals surface area contributed by atoms with Gasteiger partial charge in [-0.1, -0.05) is 29.3 Å². The highest BCUT2D eigenvalue weighted by Crippen LogP contribution is 2.23. The van der Waals surface area contributed by atoms with E-state index in [1.807, 2.05) is 6.08 Å². The molecule has 3 nitrogen and oxygen atoms in total. The smallest absolute Gasteiger partial charge is 0.193 e. The summed E-state index contributed by atoms with van der Waals surface area (Å²) in [5.74, 6) is 0.468. The van der Waals surface area contributed by atoms with Crippen molar-refractivity contribution in [2.45, 2.75) is 12.8 Å². The number of rotatable bonds is 5. The number of nitrogens with zero attached hydrogens (tertiary/aromatic N) is 2. The minimum absolute atomic E-state index is 0.230. The van der Waals surface area contributed by atoms with Gasteiger partial charge in [-0.3, -0.25) is 0 Å². The van der Waals surface area contributed by atoms with E-state index in [9.17, 15) is 0 Å². The number of unbranched alkanes of at least 4 members (excludes halogenated alkanes) is 1. The fourth-order valence-electron chi connectivity index (χ4n) is 0.849. The first-order valence-electron chi connectivity index (χ1n) is 4.16. The van der Waals surface area contributed by atoms with Crippen LogP contribution in [0.4, 0.5) is 0 Å². The number of aromatic nitrogens is 2. The highest BCUT2D eigenvalue weighted by atomic mass is 35.5. The van der Waals surface area contributed by atoms with Crippen molar-refractivity contribution in [3.05, 3.63) is 29.0 Å². The molecule has 0 aromatic carbocycles. The summed E-state index contributed by atoms with van der Waals surface area (Å²) in [6.07, 6.45) is 3.63. The van der Waals surface area contributed by atoms with E-state index in [0.29, 0.717) is 12.4 Å². The van der Waals surface area contributed by atoms with Crippen molar-refractivity contribution in [1.82, 2.24) is 10.2 Å². The Morgan fingerprint density at radius 3 is 2.93 bits per heavy atom. The van der Waals surface area contributed by atoms with E-state index in [0.717, 1.165) is 12.8 Å². The van der Waals surface area contributed by atoms with Gasteiger partial charge < -0.3 is 4.74 Å². The molecular formula is C9H10Cl2N2O. The molecule has 5 heteroatoms. The predicted octanol–water partition coefficient (Wildman–Crippen LogP) is 3.13. The van der Waals surface area contributed by atoms with Crippen LogP contribution in [0, 0.1) is 0 Å². The minimum Gasteiger partial charge on any atom is -0.490 e. The first-order chi connectivity index (χ1) is 6.74. The summed E-state index contributed by atoms with van der Waals surface area (Å²) in [5, 5.41) is 7.69. The van der Waals surface area contributed by atoms with Crippen molar-refractivity contribution >= 4 is 23.2 Å². The summed E-state index contributed by atoms with van der Waals surface area (Å²) >= 11 is 11.4. The van der Waals surface area contributed by atoms with Gasteiger partial charge in [0.1, 0.15) is 0 Å². The molecule has 76 valence electrons. The van der Waals surface area contributed by atoms with Gasteiger partial charge in [0.2, 0.25) is 0 Å². The Kier molecular flexibility index (Phi) is 4.70. The summed E-state index contributed by atoms with van der Waals surface area (Å²) in [6.45, 7) is 4.18. The molecule has 0 unspecified atom stereocenters. The lowest BCUT2D eigenvalue weighted by atomic mass is 10.3. The van der Waals surface area contributed by atoms with Crippen molar-refractivity contribution in [3.63, 3.8) is 0 Å². The molecule has 0 N–H and O–H groups in total. The molecule has 0 bridgehead atoms. The maximum Gasteiger partial charge on any atom is 0.193 e. The van der Waals surface area contributed by atoms with Gasteiger partial charge in [0, 0.05) is 6.07 Å². The first-order valence-corrected chi connectivity index (χ1v) is 4.92. The Hall–Kier alpha value is -0.800. The van der Waals surface area contributed by atoms with Crippen LogP contribution in [0.25, 0.3) is 0 Å². The molecule has 1 aromatic heterocycles. The molecule has 0 aliphatic heterocycles. The molecule has 1 aromatic rings. The Morgan fingerprint density at radius 2 is 2.21 bits per heavy atom. The average Bonchev–Trinajstić information content (AvgIpc) is 2.18. The molecular weight excluding hydrogens is 223 g/mol. The standard InChI is InChI=1S/C9H10Cl2N2O/c1-2-3-4-5-14-7-6-8(10)12-13-9(7)11/h2,6H,1,3-5H2. The van der Waals surface area contributed by atoms with Crippen molar-refractivity contribution in [2.24, 2.45) is 0 Å². The summed E-state index contributed by atoms with van der Waals surface area (Å²) in [7, 11) is 0. The van der Waals surface area contributed by atoms with E-state index in [2.05, 4.69) is 16.8 Å². The zero-order valence-electron chi connectivity index (χ0n) is 7.54. The van der Waals surface area contributed by atoms with E-state index >= 15 is 0 Å². The largest absolute Gasteiger partial charge is 0.490 e. The van der Waals surface area contributed by atoms with Crippen LogP contribution >= 0.6 is 23.2 Å². The minimum atomic E-state index is 0.230. The number of hydrogen-bond donors (Lipinski definition) is 0. The third kappa shape index (κ3) is 3.52. The monoisotopic (exact) mass is 232 g/mol. The second kappa shape index (κ2) is 5.83. The fraction of sp³-hybridized carbons (Fsp3) is 0.333. The normalized spacial score (nSPS) is 9.86. The summed E-state index contributed by atoms with van der Waals surface area (Å²) in [6, 6.07) is 1.55. The lowest BCUT2D eigenvalue weighted by Gasteiger charge is -2.05. The molecule has 0 fully saturated rings. The van der Waals surface area contributed by atoms with Gasteiger partial charge in [0.15, 0.2) is 16.1 Å². The summed E-state index contributed by atoms with van der Waals surface area (Å²) in [4.78, 5) is 0. The molecule has 14 heavy (non-hydrogen) atoms. The molecule has 0 atom stereocenters. The van der Waals surface area contributed by atoms with Gasteiger partial charge in [0.25, 0.3) is 0 Å². The zero-order chi connectivity index (χ0) is 10.4. The molecule has 0 aliphatic carbocycles. The van der Waals surface area contributed by atoms with E-state index in [1.54, 1.807) is 6.07 Å². The van der Waals surface area contributed by atoms with Gasteiger partial charge in [-0.2, -0.15) is 0 Å². The second-order valence-electron chi connectivity index (χ2n) is 2.60. The van der Waals surface area contributed by atoms with Crippen LogP contribution in [0.1, 0.15) is 12.8 Å². The van der Waals surface area contributed by atoms with Crippen LogP contribution in [0.2, 0.25) is 10.3 Å². The third-order valence-electron chi connectivity index (χ3n) is 1.50. The van der Waals surface area contributed by atoms with Crippen molar-refractivity contribution in [1.29, 1.82) is 0 Å². The van der Waals surface area contributed by atoms with Crippen LogP contribution < -0.4 is 4.74 Å². The molecule has 1 heterocycles. The Bertz CT molecular complexity index is 318. The van der Waals surface area contributed by atoms with E-state index in [1.165, 1.54) is 0 Å². The van der Waals surface area contributed by atoms with Crippen LogP contribution in [-0.4, -0.2) is 16.8 Å². The van der Waals surface area contributed by atoms with Gasteiger partial charge in [-0.05, 0) is 12.8 Å². The summed E-state index contributed by atoms with van der Waals surface area (Å²) < 4.78 is 5.35. The van der Waals surface area contributed by atoms with Crippen molar-refractivity contribution in [3.8, 4) is 5.75 Å². The maximum absolute atomic E-state index is 5.73. The van der Waals surface area contributed by atoms with Crippen molar-refractivity contribution in [2.75, 3.05) is 6.61 Å². The van der Waals surface area contributed by atoms with Gasteiger partial charge >= 0.3 is 0 Å².